The van der Waals surface area contributed by atoms with Gasteiger partial charge in [0, 0.05) is 26.4 Å². The summed E-state index contributed by atoms with van der Waals surface area (Å²) in [6.07, 6.45) is -0.422. The molecule has 0 unspecified atom stereocenters. The van der Waals surface area contributed by atoms with Crippen LogP contribution in [0, 0.1) is 15.4 Å². The quantitative estimate of drug-likeness (QED) is 0.0592. The zero-order valence-electron chi connectivity index (χ0n) is 30.8. The molecule has 0 aliphatic carbocycles. The summed E-state index contributed by atoms with van der Waals surface area (Å²) in [7, 11) is 4.73. The molecule has 1 saturated heterocycles. The molecular formula is C40H49IN4O7. The Bertz CT molecular complexity index is 1760. The van der Waals surface area contributed by atoms with Gasteiger partial charge in [-0.2, -0.15) is 4.98 Å². The zero-order chi connectivity index (χ0) is 37.4. The van der Waals surface area contributed by atoms with E-state index in [0.717, 1.165) is 29.8 Å². The maximum atomic E-state index is 13.5. The van der Waals surface area contributed by atoms with Gasteiger partial charge >= 0.3 is 5.69 Å². The highest BCUT2D eigenvalue weighted by molar-refractivity contribution is 14.1. The molecule has 0 amide bonds. The van der Waals surface area contributed by atoms with Crippen LogP contribution in [-0.2, 0) is 19.8 Å². The van der Waals surface area contributed by atoms with Gasteiger partial charge in [0.05, 0.1) is 30.7 Å². The van der Waals surface area contributed by atoms with Crippen molar-refractivity contribution in [1.29, 1.82) is 0 Å². The van der Waals surface area contributed by atoms with Crippen LogP contribution in [0.25, 0.3) is 0 Å². The Hall–Kier alpha value is -3.82. The van der Waals surface area contributed by atoms with Crippen LogP contribution in [0.15, 0.2) is 94.8 Å². The van der Waals surface area contributed by atoms with Crippen LogP contribution >= 0.6 is 22.6 Å². The summed E-state index contributed by atoms with van der Waals surface area (Å²) < 4.78 is 32.1. The van der Waals surface area contributed by atoms with Gasteiger partial charge in [0.1, 0.15) is 35.4 Å². The molecule has 1 aliphatic heterocycles. The molecule has 0 spiro atoms. The molecule has 4 atom stereocenters. The molecule has 52 heavy (non-hydrogen) atoms. The molecule has 1 N–H and O–H groups in total. The second-order valence-corrected chi connectivity index (χ2v) is 14.8. The number of hydrogen-bond donors (Lipinski definition) is 1. The third-order valence-corrected chi connectivity index (χ3v) is 9.69. The monoisotopic (exact) mass is 824 g/mol. The Kier molecular flexibility index (Phi) is 13.5. The van der Waals surface area contributed by atoms with Gasteiger partial charge in [-0.05, 0) is 75.4 Å². The summed E-state index contributed by atoms with van der Waals surface area (Å²) in [4.78, 5) is 24.6. The number of methoxy groups -OCH3 is 3. The molecule has 1 fully saturated rings. The summed E-state index contributed by atoms with van der Waals surface area (Å²) in [5.74, 6) is 2.62. The fourth-order valence-corrected chi connectivity index (χ4v) is 7.13. The Morgan fingerprint density at radius 3 is 1.94 bits per heavy atom. The van der Waals surface area contributed by atoms with Crippen molar-refractivity contribution >= 4 is 34.7 Å². The fraction of sp³-hybridized carbons (Fsp3) is 0.425. The SMILES string of the molecule is COc1ccc(C(OC[C@H]2O[C@@H](n3cc(I)c(N=CN(CC(C)C)CC(C)C)nc3=O)[C@H](OC)[C@@H]2O)(c2ccccc2)c2ccc(OC)cc2)cc1. The van der Waals surface area contributed by atoms with Crippen LogP contribution in [0.3, 0.4) is 0 Å². The lowest BCUT2D eigenvalue weighted by molar-refractivity contribution is -0.0967. The normalized spacial score (nSPS) is 19.1. The molecule has 1 aromatic heterocycles. The van der Waals surface area contributed by atoms with Crippen LogP contribution in [-0.4, -0.2) is 85.2 Å². The van der Waals surface area contributed by atoms with Gasteiger partial charge in [-0.1, -0.05) is 82.3 Å². The van der Waals surface area contributed by atoms with Gasteiger partial charge in [-0.15, -0.1) is 0 Å². The number of rotatable bonds is 16. The molecule has 5 rings (SSSR count). The van der Waals surface area contributed by atoms with Gasteiger partial charge in [0.25, 0.3) is 0 Å². The van der Waals surface area contributed by atoms with Crippen molar-refractivity contribution in [2.45, 2.75) is 57.8 Å². The molecule has 12 heteroatoms. The average molecular weight is 825 g/mol. The van der Waals surface area contributed by atoms with Gasteiger partial charge in [-0.3, -0.25) is 4.57 Å². The minimum atomic E-state index is -1.13. The number of aliphatic hydroxyl groups excluding tert-OH is 1. The van der Waals surface area contributed by atoms with Gasteiger partial charge < -0.3 is 33.7 Å². The number of hydrogen-bond acceptors (Lipinski definition) is 9. The lowest BCUT2D eigenvalue weighted by Crippen LogP contribution is -2.40. The zero-order valence-corrected chi connectivity index (χ0v) is 33.0. The standard InChI is InChI=1S/C40H49IN4O7/c1-26(2)21-44(22-27(3)4)25-42-37-33(41)23-45(39(47)43-37)38-36(50-7)35(46)34(52-38)24-51-40(28-11-9-8-10-12-28,29-13-17-31(48-5)18-14-29)30-15-19-32(49-6)20-16-30/h8-20,23,25-27,34-36,38,46H,21-22,24H2,1-7H3/t34-,35-,36-,38-/m1/s1. The van der Waals surface area contributed by atoms with E-state index in [2.05, 4.69) is 65.2 Å². The van der Waals surface area contributed by atoms with Crippen LogP contribution in [0.4, 0.5) is 5.82 Å². The number of halogens is 1. The highest BCUT2D eigenvalue weighted by Gasteiger charge is 2.48. The van der Waals surface area contributed by atoms with Gasteiger partial charge in [-0.25, -0.2) is 9.79 Å². The highest BCUT2D eigenvalue weighted by atomic mass is 127. The Labute approximate surface area is 319 Å². The summed E-state index contributed by atoms with van der Waals surface area (Å²) >= 11 is 2.12. The molecule has 11 nitrogen and oxygen atoms in total. The van der Waals surface area contributed by atoms with Crippen molar-refractivity contribution in [3.8, 4) is 11.5 Å². The first-order valence-electron chi connectivity index (χ1n) is 17.4. The van der Waals surface area contributed by atoms with E-state index in [1.165, 1.54) is 11.7 Å². The van der Waals surface area contributed by atoms with E-state index in [4.69, 9.17) is 23.7 Å². The van der Waals surface area contributed by atoms with E-state index >= 15 is 0 Å². The maximum absolute atomic E-state index is 13.5. The van der Waals surface area contributed by atoms with E-state index in [-0.39, 0.29) is 6.61 Å². The minimum Gasteiger partial charge on any atom is -0.497 e. The van der Waals surface area contributed by atoms with Crippen molar-refractivity contribution in [2.75, 3.05) is 41.0 Å². The third kappa shape index (κ3) is 8.85. The topological polar surface area (TPSA) is 117 Å². The van der Waals surface area contributed by atoms with Gasteiger partial charge in [0.2, 0.25) is 0 Å². The van der Waals surface area contributed by atoms with Crippen molar-refractivity contribution < 1.29 is 28.8 Å². The van der Waals surface area contributed by atoms with Crippen LogP contribution in [0.5, 0.6) is 11.5 Å². The molecule has 3 aromatic carbocycles. The predicted octanol–water partition coefficient (Wildman–Crippen LogP) is 6.42. The van der Waals surface area contributed by atoms with E-state index in [9.17, 15) is 9.90 Å². The number of nitrogens with zero attached hydrogens (tertiary/aromatic N) is 4. The van der Waals surface area contributed by atoms with Crippen molar-refractivity contribution in [3.63, 3.8) is 0 Å². The maximum Gasteiger partial charge on any atom is 0.351 e. The molecular weight excluding hydrogens is 775 g/mol. The van der Waals surface area contributed by atoms with Crippen LogP contribution in [0.2, 0.25) is 0 Å². The van der Waals surface area contributed by atoms with Crippen LogP contribution < -0.4 is 15.2 Å². The first-order chi connectivity index (χ1) is 25.0. The largest absolute Gasteiger partial charge is 0.497 e. The molecule has 0 radical (unpaired) electrons. The predicted molar refractivity (Wildman–Crippen MR) is 210 cm³/mol. The highest BCUT2D eigenvalue weighted by Crippen LogP contribution is 2.43. The van der Waals surface area contributed by atoms with Crippen LogP contribution in [0.1, 0.15) is 50.6 Å². The smallest absolute Gasteiger partial charge is 0.351 e. The van der Waals surface area contributed by atoms with E-state index < -0.39 is 35.8 Å². The van der Waals surface area contributed by atoms with Gasteiger partial charge in [0.15, 0.2) is 12.0 Å². The first kappa shape index (κ1) is 39.4. The Balaban J connectivity index is 1.47. The lowest BCUT2D eigenvalue weighted by atomic mass is 9.80. The first-order valence-corrected chi connectivity index (χ1v) is 18.5. The van der Waals surface area contributed by atoms with E-state index in [1.807, 2.05) is 78.9 Å². The van der Waals surface area contributed by atoms with E-state index in [0.29, 0.717) is 32.7 Å². The van der Waals surface area contributed by atoms with Crippen molar-refractivity contribution in [3.05, 3.63) is 116 Å². The number of benzene rings is 3. The molecule has 1 aliphatic rings. The minimum absolute atomic E-state index is 0.0480. The fourth-order valence-electron chi connectivity index (χ4n) is 6.57. The summed E-state index contributed by atoms with van der Waals surface area (Å²) in [6, 6.07) is 25.3. The number of aromatic nitrogens is 2. The molecule has 2 heterocycles. The second kappa shape index (κ2) is 17.8. The number of ether oxygens (including phenoxy) is 5. The third-order valence-electron chi connectivity index (χ3n) is 8.93. The lowest BCUT2D eigenvalue weighted by Gasteiger charge is -2.37. The molecule has 0 bridgehead atoms. The summed E-state index contributed by atoms with van der Waals surface area (Å²) in [6.45, 7) is 10.3. The second-order valence-electron chi connectivity index (χ2n) is 13.7. The average Bonchev–Trinajstić information content (AvgIpc) is 3.46. The van der Waals surface area contributed by atoms with E-state index in [1.54, 1.807) is 26.8 Å². The Morgan fingerprint density at radius 2 is 1.44 bits per heavy atom. The molecule has 278 valence electrons. The number of aliphatic imine (C=N–C) groups is 1. The summed E-state index contributed by atoms with van der Waals surface area (Å²) in [5, 5.41) is 11.6. The van der Waals surface area contributed by atoms with Crippen molar-refractivity contribution in [2.24, 2.45) is 16.8 Å². The van der Waals surface area contributed by atoms with Crippen molar-refractivity contribution in [1.82, 2.24) is 14.5 Å². The molecule has 4 aromatic rings. The number of aliphatic hydroxyl groups is 1. The Morgan fingerprint density at radius 1 is 0.904 bits per heavy atom. The summed E-state index contributed by atoms with van der Waals surface area (Å²) in [5.41, 5.74) is 0.842. The molecule has 0 saturated carbocycles.